The van der Waals surface area contributed by atoms with Crippen LogP contribution in [0.25, 0.3) is 0 Å². The van der Waals surface area contributed by atoms with Gasteiger partial charge in [0.25, 0.3) is 0 Å². The van der Waals surface area contributed by atoms with E-state index in [4.69, 9.17) is 4.74 Å². The summed E-state index contributed by atoms with van der Waals surface area (Å²) in [6.07, 6.45) is 0. The first-order valence-electron chi connectivity index (χ1n) is 4.18. The number of methoxy groups -OCH3 is 1. The zero-order valence-corrected chi connectivity index (χ0v) is 9.72. The zero-order valence-electron chi connectivity index (χ0n) is 8.13. The van der Waals surface area contributed by atoms with Gasteiger partial charge in [0.15, 0.2) is 0 Å². The fraction of sp³-hybridized carbons (Fsp3) is 0.300. The number of benzene rings is 1. The Morgan fingerprint density at radius 3 is 2.86 bits per heavy atom. The molecular formula is C10H12BrNO2. The van der Waals surface area contributed by atoms with Crippen LogP contribution in [0.4, 0.5) is 5.69 Å². The van der Waals surface area contributed by atoms with Crippen molar-refractivity contribution in [3.8, 4) is 0 Å². The Balaban J connectivity index is 2.72. The van der Waals surface area contributed by atoms with Crippen molar-refractivity contribution < 1.29 is 9.53 Å². The summed E-state index contributed by atoms with van der Waals surface area (Å²) in [7, 11) is 1.49. The lowest BCUT2D eigenvalue weighted by Gasteiger charge is -2.07. The molecular weight excluding hydrogens is 246 g/mol. The van der Waals surface area contributed by atoms with Gasteiger partial charge in [-0.05, 0) is 40.5 Å². The summed E-state index contributed by atoms with van der Waals surface area (Å²) in [5.41, 5.74) is 1.90. The highest BCUT2D eigenvalue weighted by Gasteiger charge is 2.04. The fourth-order valence-electron chi connectivity index (χ4n) is 1.04. The van der Waals surface area contributed by atoms with Crippen LogP contribution in [-0.2, 0) is 9.53 Å². The van der Waals surface area contributed by atoms with E-state index in [-0.39, 0.29) is 12.5 Å². The SMILES string of the molecule is COCC(=O)Nc1ccc(C)cc1Br. The van der Waals surface area contributed by atoms with E-state index < -0.39 is 0 Å². The van der Waals surface area contributed by atoms with E-state index in [1.54, 1.807) is 0 Å². The molecule has 0 radical (unpaired) electrons. The Hall–Kier alpha value is -0.870. The number of halogens is 1. The topological polar surface area (TPSA) is 38.3 Å². The zero-order chi connectivity index (χ0) is 10.6. The van der Waals surface area contributed by atoms with Gasteiger partial charge in [-0.3, -0.25) is 4.79 Å². The molecule has 14 heavy (non-hydrogen) atoms. The lowest BCUT2D eigenvalue weighted by Crippen LogP contribution is -2.17. The molecule has 0 aliphatic carbocycles. The molecule has 1 N–H and O–H groups in total. The summed E-state index contributed by atoms with van der Waals surface area (Å²) in [5, 5.41) is 2.73. The molecule has 4 heteroatoms. The van der Waals surface area contributed by atoms with Crippen molar-refractivity contribution in [1.29, 1.82) is 0 Å². The van der Waals surface area contributed by atoms with Crippen molar-refractivity contribution in [2.24, 2.45) is 0 Å². The number of amides is 1. The van der Waals surface area contributed by atoms with Crippen LogP contribution in [0.5, 0.6) is 0 Å². The number of nitrogens with one attached hydrogen (secondary N) is 1. The maximum atomic E-state index is 11.2. The van der Waals surface area contributed by atoms with Crippen molar-refractivity contribution in [2.45, 2.75) is 6.92 Å². The Kier molecular flexibility index (Phi) is 4.10. The molecule has 0 heterocycles. The van der Waals surface area contributed by atoms with Crippen molar-refractivity contribution in [3.63, 3.8) is 0 Å². The first kappa shape index (κ1) is 11.2. The van der Waals surface area contributed by atoms with E-state index in [0.717, 1.165) is 15.7 Å². The van der Waals surface area contributed by atoms with Gasteiger partial charge >= 0.3 is 0 Å². The lowest BCUT2D eigenvalue weighted by atomic mass is 10.2. The van der Waals surface area contributed by atoms with Crippen LogP contribution in [0.1, 0.15) is 5.56 Å². The molecule has 1 amide bonds. The minimum Gasteiger partial charge on any atom is -0.375 e. The summed E-state index contributed by atoms with van der Waals surface area (Å²) < 4.78 is 5.59. The average Bonchev–Trinajstić information content (AvgIpc) is 2.10. The van der Waals surface area contributed by atoms with Crippen molar-refractivity contribution in [2.75, 3.05) is 19.0 Å². The molecule has 76 valence electrons. The molecule has 0 spiro atoms. The Labute approximate surface area is 91.6 Å². The van der Waals surface area contributed by atoms with Crippen LogP contribution in [0.15, 0.2) is 22.7 Å². The van der Waals surface area contributed by atoms with Gasteiger partial charge in [0.05, 0.1) is 5.69 Å². The molecule has 0 aliphatic rings. The van der Waals surface area contributed by atoms with Gasteiger partial charge in [-0.25, -0.2) is 0 Å². The van der Waals surface area contributed by atoms with Gasteiger partial charge in [-0.1, -0.05) is 6.07 Å². The lowest BCUT2D eigenvalue weighted by molar-refractivity contribution is -0.119. The number of carbonyl (C=O) groups is 1. The third kappa shape index (κ3) is 3.12. The van der Waals surface area contributed by atoms with Crippen LogP contribution in [-0.4, -0.2) is 19.6 Å². The summed E-state index contributed by atoms with van der Waals surface area (Å²) in [6, 6.07) is 5.74. The standard InChI is InChI=1S/C10H12BrNO2/c1-7-3-4-9(8(11)5-7)12-10(13)6-14-2/h3-5H,6H2,1-2H3,(H,12,13). The number of carbonyl (C=O) groups excluding carboxylic acids is 1. The normalized spacial score (nSPS) is 9.93. The minimum absolute atomic E-state index is 0.0698. The van der Waals surface area contributed by atoms with Crippen LogP contribution in [0.2, 0.25) is 0 Å². The largest absolute Gasteiger partial charge is 0.375 e. The number of hydrogen-bond acceptors (Lipinski definition) is 2. The molecule has 0 bridgehead atoms. The van der Waals surface area contributed by atoms with Crippen molar-refractivity contribution in [3.05, 3.63) is 28.2 Å². The molecule has 3 nitrogen and oxygen atoms in total. The van der Waals surface area contributed by atoms with Gasteiger partial charge in [-0.2, -0.15) is 0 Å². The summed E-state index contributed by atoms with van der Waals surface area (Å²) in [5.74, 6) is -0.156. The highest BCUT2D eigenvalue weighted by molar-refractivity contribution is 9.10. The van der Waals surface area contributed by atoms with Crippen molar-refractivity contribution in [1.82, 2.24) is 0 Å². The van der Waals surface area contributed by atoms with Crippen LogP contribution in [0.3, 0.4) is 0 Å². The van der Waals surface area contributed by atoms with Crippen molar-refractivity contribution >= 4 is 27.5 Å². The maximum Gasteiger partial charge on any atom is 0.250 e. The highest BCUT2D eigenvalue weighted by atomic mass is 79.9. The smallest absolute Gasteiger partial charge is 0.250 e. The quantitative estimate of drug-likeness (QED) is 0.903. The van der Waals surface area contributed by atoms with E-state index in [2.05, 4.69) is 21.2 Å². The Morgan fingerprint density at radius 1 is 1.57 bits per heavy atom. The van der Waals surface area contributed by atoms with E-state index in [0.29, 0.717) is 0 Å². The second-order valence-electron chi connectivity index (χ2n) is 2.96. The molecule has 1 aromatic rings. The molecule has 0 saturated carbocycles. The van der Waals surface area contributed by atoms with Crippen LogP contribution < -0.4 is 5.32 Å². The average molecular weight is 258 g/mol. The second-order valence-corrected chi connectivity index (χ2v) is 3.82. The molecule has 0 saturated heterocycles. The maximum absolute atomic E-state index is 11.2. The molecule has 0 atom stereocenters. The number of rotatable bonds is 3. The van der Waals surface area contributed by atoms with Gasteiger partial charge in [0.2, 0.25) is 5.91 Å². The van der Waals surface area contributed by atoms with Gasteiger partial charge in [0.1, 0.15) is 6.61 Å². The predicted octanol–water partition coefficient (Wildman–Crippen LogP) is 2.34. The first-order chi connectivity index (χ1) is 6.63. The van der Waals surface area contributed by atoms with Gasteiger partial charge < -0.3 is 10.1 Å². The summed E-state index contributed by atoms with van der Waals surface area (Å²) in [6.45, 7) is 2.06. The van der Waals surface area contributed by atoms with E-state index in [1.165, 1.54) is 7.11 Å². The third-order valence-electron chi connectivity index (χ3n) is 1.67. The summed E-state index contributed by atoms with van der Waals surface area (Å²) >= 11 is 3.37. The molecule has 0 fully saturated rings. The van der Waals surface area contributed by atoms with Gasteiger partial charge in [-0.15, -0.1) is 0 Å². The second kappa shape index (κ2) is 5.12. The third-order valence-corrected chi connectivity index (χ3v) is 2.33. The minimum atomic E-state index is -0.156. The Bertz CT molecular complexity index is 339. The number of hydrogen-bond donors (Lipinski definition) is 1. The van der Waals surface area contributed by atoms with E-state index in [9.17, 15) is 4.79 Å². The molecule has 1 rings (SSSR count). The first-order valence-corrected chi connectivity index (χ1v) is 4.97. The predicted molar refractivity (Wildman–Crippen MR) is 59.4 cm³/mol. The Morgan fingerprint density at radius 2 is 2.29 bits per heavy atom. The fourth-order valence-corrected chi connectivity index (χ4v) is 1.63. The van der Waals surface area contributed by atoms with E-state index in [1.807, 2.05) is 25.1 Å². The summed E-state index contributed by atoms with van der Waals surface area (Å²) in [4.78, 5) is 11.2. The van der Waals surface area contributed by atoms with Crippen LogP contribution >= 0.6 is 15.9 Å². The molecule has 0 aromatic heterocycles. The van der Waals surface area contributed by atoms with E-state index >= 15 is 0 Å². The van der Waals surface area contributed by atoms with Crippen LogP contribution in [0, 0.1) is 6.92 Å². The monoisotopic (exact) mass is 257 g/mol. The van der Waals surface area contributed by atoms with Gasteiger partial charge in [0, 0.05) is 11.6 Å². The number of aryl methyl sites for hydroxylation is 1. The molecule has 0 unspecified atom stereocenters. The number of anilines is 1. The highest BCUT2D eigenvalue weighted by Crippen LogP contribution is 2.23. The number of ether oxygens (including phenoxy) is 1. The molecule has 0 aliphatic heterocycles. The molecule has 1 aromatic carbocycles.